The van der Waals surface area contributed by atoms with Crippen molar-refractivity contribution < 1.29 is 9.53 Å². The van der Waals surface area contributed by atoms with E-state index in [2.05, 4.69) is 44.2 Å². The van der Waals surface area contributed by atoms with Crippen molar-refractivity contribution in [3.8, 4) is 22.5 Å². The van der Waals surface area contributed by atoms with Crippen LogP contribution in [0.25, 0.3) is 33.5 Å². The number of thioether (sulfide) groups is 1. The highest BCUT2D eigenvalue weighted by atomic mass is 32.2. The van der Waals surface area contributed by atoms with Gasteiger partial charge in [0.05, 0.1) is 11.8 Å². The molecule has 184 valence electrons. The molecule has 8 nitrogen and oxygen atoms in total. The number of benzene rings is 2. The van der Waals surface area contributed by atoms with Gasteiger partial charge >= 0.3 is 11.7 Å². The van der Waals surface area contributed by atoms with E-state index in [0.29, 0.717) is 17.1 Å². The van der Waals surface area contributed by atoms with Crippen LogP contribution in [0.3, 0.4) is 0 Å². The number of imidazole rings is 1. The largest absolute Gasteiger partial charge is 0.453 e. The smallest absolute Gasteiger partial charge is 0.351 e. The number of carbonyl (C=O) groups is 1. The van der Waals surface area contributed by atoms with Crippen molar-refractivity contribution in [2.75, 3.05) is 5.75 Å². The Balaban J connectivity index is 1.49. The molecule has 1 atom stereocenters. The Bertz CT molecular complexity index is 1600. The van der Waals surface area contributed by atoms with Gasteiger partial charge < -0.3 is 9.72 Å². The number of hydrogen-bond acceptors (Lipinski definition) is 7. The highest BCUT2D eigenvalue weighted by Gasteiger charge is 2.23. The number of carbonyl (C=O) groups excluding carboxylic acids is 1. The van der Waals surface area contributed by atoms with Gasteiger partial charge in [-0.2, -0.15) is 5.10 Å². The summed E-state index contributed by atoms with van der Waals surface area (Å²) >= 11 is 3.11. The topological polar surface area (TPSA) is 117 Å². The highest BCUT2D eigenvalue weighted by Crippen LogP contribution is 2.39. The van der Waals surface area contributed by atoms with Gasteiger partial charge in [-0.1, -0.05) is 50.2 Å². The maximum Gasteiger partial charge on any atom is 0.351 e. The number of ether oxygens (including phenoxy) is 1. The zero-order chi connectivity index (χ0) is 25.2. The first kappa shape index (κ1) is 24.1. The summed E-state index contributed by atoms with van der Waals surface area (Å²) in [5.41, 5.74) is 4.94. The molecule has 3 aromatic heterocycles. The van der Waals surface area contributed by atoms with Crippen molar-refractivity contribution in [1.29, 1.82) is 0 Å². The summed E-state index contributed by atoms with van der Waals surface area (Å²) in [6, 6.07) is 14.0. The van der Waals surface area contributed by atoms with E-state index in [4.69, 9.17) is 4.74 Å². The number of aryl methyl sites for hydroxylation is 1. The lowest BCUT2D eigenvalue weighted by Gasteiger charge is -2.19. The van der Waals surface area contributed by atoms with Crippen LogP contribution >= 0.6 is 23.1 Å². The minimum absolute atomic E-state index is 0.348. The molecule has 0 radical (unpaired) electrons. The fourth-order valence-corrected chi connectivity index (χ4v) is 6.07. The maximum absolute atomic E-state index is 13.1. The van der Waals surface area contributed by atoms with Crippen molar-refractivity contribution in [1.82, 2.24) is 25.1 Å². The number of thiophene rings is 1. The molecule has 1 unspecified atom stereocenters. The molecule has 0 aliphatic rings. The molecule has 0 bridgehead atoms. The van der Waals surface area contributed by atoms with Crippen LogP contribution in [0.4, 0.5) is 0 Å². The molecule has 0 saturated carbocycles. The van der Waals surface area contributed by atoms with Gasteiger partial charge in [0.2, 0.25) is 0 Å². The third kappa shape index (κ3) is 4.49. The zero-order valence-corrected chi connectivity index (χ0v) is 21.7. The molecule has 36 heavy (non-hydrogen) atoms. The van der Waals surface area contributed by atoms with Gasteiger partial charge in [-0.15, -0.1) is 23.1 Å². The number of aromatic amines is 3. The summed E-state index contributed by atoms with van der Waals surface area (Å²) < 4.78 is 6.00. The molecule has 5 rings (SSSR count). The van der Waals surface area contributed by atoms with E-state index < -0.39 is 0 Å². The van der Waals surface area contributed by atoms with E-state index in [9.17, 15) is 9.59 Å². The molecule has 0 aliphatic carbocycles. The SMILES string of the molecule is CCSc1cc(C(CC)OC(=O)c2sc(C)c3nc[nH]c23)ccc1-c1ccccc1-c1n[nH]c(=O)[nH]1. The standard InChI is InChI=1S/C26H25N5O3S2/c1-4-19(34-25(32)23-22-21(14(3)36-23)27-13-28-22)15-10-11-17(20(12-15)35-5-2)16-8-6-7-9-18(16)24-29-26(33)31-30-24/h6-13,19H,4-5H2,1-3H3,(H,27,28)(H2,29,30,31,33). The van der Waals surface area contributed by atoms with Crippen molar-refractivity contribution in [3.05, 3.63) is 74.6 Å². The van der Waals surface area contributed by atoms with Crippen LogP contribution in [0.15, 0.2) is 58.5 Å². The first-order chi connectivity index (χ1) is 17.5. The summed E-state index contributed by atoms with van der Waals surface area (Å²) in [5, 5.41) is 6.56. The number of hydrogen-bond donors (Lipinski definition) is 3. The Kier molecular flexibility index (Phi) is 6.80. The lowest BCUT2D eigenvalue weighted by atomic mass is 9.96. The molecule has 0 aliphatic heterocycles. The Morgan fingerprint density at radius 1 is 1.14 bits per heavy atom. The first-order valence-corrected chi connectivity index (χ1v) is 13.4. The second kappa shape index (κ2) is 10.2. The van der Waals surface area contributed by atoms with Gasteiger partial charge in [-0.05, 0) is 41.9 Å². The number of nitrogens with one attached hydrogen (secondary N) is 3. The Morgan fingerprint density at radius 3 is 2.67 bits per heavy atom. The van der Waals surface area contributed by atoms with Gasteiger partial charge in [-0.25, -0.2) is 19.7 Å². The summed E-state index contributed by atoms with van der Waals surface area (Å²) in [4.78, 5) is 37.5. The van der Waals surface area contributed by atoms with E-state index in [1.54, 1.807) is 18.1 Å². The van der Waals surface area contributed by atoms with Crippen LogP contribution in [-0.2, 0) is 4.74 Å². The van der Waals surface area contributed by atoms with Crippen LogP contribution < -0.4 is 5.69 Å². The van der Waals surface area contributed by atoms with Crippen LogP contribution in [-0.4, -0.2) is 36.9 Å². The molecule has 2 aromatic carbocycles. The van der Waals surface area contributed by atoms with Gasteiger partial charge in [0.15, 0.2) is 5.82 Å². The van der Waals surface area contributed by atoms with Gasteiger partial charge in [0, 0.05) is 15.3 Å². The number of rotatable bonds is 8. The molecular weight excluding hydrogens is 494 g/mol. The monoisotopic (exact) mass is 519 g/mol. The Morgan fingerprint density at radius 2 is 1.94 bits per heavy atom. The first-order valence-electron chi connectivity index (χ1n) is 11.6. The molecule has 5 aromatic rings. The third-order valence-electron chi connectivity index (χ3n) is 5.91. The Hall–Kier alpha value is -3.63. The van der Waals surface area contributed by atoms with Crippen molar-refractivity contribution >= 4 is 40.1 Å². The predicted molar refractivity (Wildman–Crippen MR) is 144 cm³/mol. The van der Waals surface area contributed by atoms with Crippen molar-refractivity contribution in [2.45, 2.75) is 38.2 Å². The number of esters is 1. The summed E-state index contributed by atoms with van der Waals surface area (Å²) in [5.74, 6) is 1.01. The lowest BCUT2D eigenvalue weighted by molar-refractivity contribution is 0.0295. The molecule has 0 amide bonds. The van der Waals surface area contributed by atoms with E-state index in [-0.39, 0.29) is 17.8 Å². The fourth-order valence-electron chi connectivity index (χ4n) is 4.26. The molecule has 3 heterocycles. The lowest BCUT2D eigenvalue weighted by Crippen LogP contribution is -2.10. The molecule has 0 spiro atoms. The van der Waals surface area contributed by atoms with E-state index in [1.165, 1.54) is 11.3 Å². The summed E-state index contributed by atoms with van der Waals surface area (Å²) in [6.45, 7) is 6.06. The molecule has 10 heteroatoms. The summed E-state index contributed by atoms with van der Waals surface area (Å²) in [6.07, 6.45) is 1.85. The van der Waals surface area contributed by atoms with Crippen LogP contribution in [0.2, 0.25) is 0 Å². The van der Waals surface area contributed by atoms with Gasteiger partial charge in [-0.3, -0.25) is 4.98 Å². The van der Waals surface area contributed by atoms with Crippen LogP contribution in [0, 0.1) is 6.92 Å². The molecule has 0 fully saturated rings. The minimum Gasteiger partial charge on any atom is -0.453 e. The third-order valence-corrected chi connectivity index (χ3v) is 7.92. The second-order valence-electron chi connectivity index (χ2n) is 8.18. The van der Waals surface area contributed by atoms with E-state index >= 15 is 0 Å². The van der Waals surface area contributed by atoms with Crippen molar-refractivity contribution in [2.24, 2.45) is 0 Å². The van der Waals surface area contributed by atoms with E-state index in [0.717, 1.165) is 48.8 Å². The molecular formula is C26H25N5O3S2. The van der Waals surface area contributed by atoms with Crippen molar-refractivity contribution in [3.63, 3.8) is 0 Å². The number of aromatic nitrogens is 5. The number of fused-ring (bicyclic) bond motifs is 1. The van der Waals surface area contributed by atoms with E-state index in [1.807, 2.05) is 44.2 Å². The normalized spacial score (nSPS) is 12.2. The number of nitrogens with zero attached hydrogens (tertiary/aromatic N) is 2. The van der Waals surface area contributed by atoms with Gasteiger partial charge in [0.25, 0.3) is 0 Å². The quantitative estimate of drug-likeness (QED) is 0.169. The average molecular weight is 520 g/mol. The maximum atomic E-state index is 13.1. The van der Waals surface area contributed by atoms with Crippen LogP contribution in [0.1, 0.15) is 46.5 Å². The summed E-state index contributed by atoms with van der Waals surface area (Å²) in [7, 11) is 0. The van der Waals surface area contributed by atoms with Crippen LogP contribution in [0.5, 0.6) is 0 Å². The molecule has 3 N–H and O–H groups in total. The zero-order valence-electron chi connectivity index (χ0n) is 20.0. The fraction of sp³-hybridized carbons (Fsp3) is 0.231. The van der Waals surface area contributed by atoms with Gasteiger partial charge in [0.1, 0.15) is 16.5 Å². The average Bonchev–Trinajstić information content (AvgIpc) is 3.61. The minimum atomic E-state index is -0.388. The highest BCUT2D eigenvalue weighted by molar-refractivity contribution is 7.99. The molecule has 0 saturated heterocycles. The predicted octanol–water partition coefficient (Wildman–Crippen LogP) is 6.10. The second-order valence-corrected chi connectivity index (χ2v) is 10.7. The number of H-pyrrole nitrogens is 3. The Labute approximate surface area is 215 Å².